The fraction of sp³-hybridized carbons (Fsp3) is 0.214. The van der Waals surface area contributed by atoms with E-state index in [-0.39, 0.29) is 41.6 Å². The van der Waals surface area contributed by atoms with E-state index in [1.807, 2.05) is 22.6 Å². The second-order valence-electron chi connectivity index (χ2n) is 9.45. The van der Waals surface area contributed by atoms with Gasteiger partial charge in [-0.15, -0.1) is 6.58 Å². The van der Waals surface area contributed by atoms with E-state index in [0.717, 1.165) is 27.0 Å². The summed E-state index contributed by atoms with van der Waals surface area (Å²) in [7, 11) is -8.53. The lowest BCUT2D eigenvalue weighted by Gasteiger charge is -2.26. The molecule has 0 spiro atoms. The van der Waals surface area contributed by atoms with E-state index in [1.54, 1.807) is 13.0 Å². The van der Waals surface area contributed by atoms with E-state index >= 15 is 0 Å². The molecule has 44 heavy (non-hydrogen) atoms. The predicted octanol–water partition coefficient (Wildman–Crippen LogP) is 5.38. The Labute approximate surface area is 266 Å². The van der Waals surface area contributed by atoms with Crippen molar-refractivity contribution in [3.8, 4) is 11.3 Å². The van der Waals surface area contributed by atoms with Gasteiger partial charge in [0.05, 0.1) is 25.7 Å². The molecule has 12 nitrogen and oxygen atoms in total. The van der Waals surface area contributed by atoms with Crippen LogP contribution in [0.5, 0.6) is 0 Å². The molecular formula is C28H26FIN4O8S2. The first-order valence-electron chi connectivity index (χ1n) is 12.9. The molecule has 0 aliphatic carbocycles. The standard InChI is InChI=1S/C28H26FIN4O8S2/c1-4-14-32(44(40,41)24-9-7-6-8-22(24)34(36)37)15-16-33(43(3,38)39)27-21(30)17-20-25(23(35)5-2)26(42-28(20)31-27)18-10-12-19(29)13-11-18/h4,6-13,17H,1,5,14-16H2,2-3H3. The molecule has 0 saturated heterocycles. The maximum Gasteiger partial charge on any atom is 0.289 e. The third kappa shape index (κ3) is 6.67. The van der Waals surface area contributed by atoms with Gasteiger partial charge >= 0.3 is 0 Å². The highest BCUT2D eigenvalue weighted by Crippen LogP contribution is 2.37. The predicted molar refractivity (Wildman–Crippen MR) is 171 cm³/mol. The maximum absolute atomic E-state index is 13.6. The SMILES string of the molecule is C=CCN(CCN(c1nc2oc(-c3ccc(F)cc3)c(C(=O)CC)c2cc1I)S(C)(=O)=O)S(=O)(=O)c1ccccc1[N+](=O)[O-]. The number of Topliss-reactive ketones (excluding diaryl/α,β-unsaturated/α-hetero) is 1. The quantitative estimate of drug-likeness (QED) is 0.0574. The third-order valence-corrected chi connectivity index (χ3v) is 10.4. The number of hydrogen-bond acceptors (Lipinski definition) is 9. The highest BCUT2D eigenvalue weighted by Gasteiger charge is 2.33. The summed E-state index contributed by atoms with van der Waals surface area (Å²) in [6.45, 7) is 4.13. The van der Waals surface area contributed by atoms with Crippen molar-refractivity contribution in [2.45, 2.75) is 18.2 Å². The molecule has 0 bridgehead atoms. The van der Waals surface area contributed by atoms with Crippen LogP contribution in [0, 0.1) is 19.5 Å². The number of nitro benzene ring substituents is 1. The zero-order valence-corrected chi connectivity index (χ0v) is 27.2. The molecule has 0 atom stereocenters. The second kappa shape index (κ2) is 13.1. The van der Waals surface area contributed by atoms with E-state index in [9.17, 15) is 36.1 Å². The fourth-order valence-corrected chi connectivity index (χ4v) is 7.79. The van der Waals surface area contributed by atoms with Crippen LogP contribution in [-0.4, -0.2) is 62.7 Å². The van der Waals surface area contributed by atoms with Crippen molar-refractivity contribution in [3.63, 3.8) is 0 Å². The van der Waals surface area contributed by atoms with Gasteiger partial charge in [-0.3, -0.25) is 19.2 Å². The van der Waals surface area contributed by atoms with Crippen LogP contribution in [0.3, 0.4) is 0 Å². The third-order valence-electron chi connectivity index (χ3n) is 6.53. The molecule has 0 radical (unpaired) electrons. The summed E-state index contributed by atoms with van der Waals surface area (Å²) in [5.41, 5.74) is -0.0567. The molecule has 0 amide bonds. The molecule has 0 fully saturated rings. The summed E-state index contributed by atoms with van der Waals surface area (Å²) in [5, 5.41) is 11.9. The Morgan fingerprint density at radius 3 is 2.39 bits per heavy atom. The number of benzene rings is 2. The van der Waals surface area contributed by atoms with Crippen LogP contribution in [0.4, 0.5) is 15.9 Å². The van der Waals surface area contributed by atoms with Gasteiger partial charge in [0, 0.05) is 37.7 Å². The summed E-state index contributed by atoms with van der Waals surface area (Å²) < 4.78 is 74.7. The summed E-state index contributed by atoms with van der Waals surface area (Å²) in [4.78, 5) is 27.6. The number of aromatic nitrogens is 1. The molecule has 4 rings (SSSR count). The maximum atomic E-state index is 13.6. The molecule has 0 aliphatic heterocycles. The van der Waals surface area contributed by atoms with Gasteiger partial charge in [0.2, 0.25) is 25.8 Å². The van der Waals surface area contributed by atoms with Gasteiger partial charge in [0.25, 0.3) is 5.69 Å². The van der Waals surface area contributed by atoms with E-state index < -0.39 is 54.5 Å². The van der Waals surface area contributed by atoms with E-state index in [4.69, 9.17) is 4.42 Å². The lowest BCUT2D eigenvalue weighted by molar-refractivity contribution is -0.387. The van der Waals surface area contributed by atoms with Crippen LogP contribution in [0.15, 0.2) is 76.6 Å². The Hall–Kier alpha value is -3.74. The molecular weight excluding hydrogens is 730 g/mol. The number of nitro groups is 1. The average Bonchev–Trinajstić information content (AvgIpc) is 3.34. The van der Waals surface area contributed by atoms with Gasteiger partial charge in [-0.25, -0.2) is 21.2 Å². The summed E-state index contributed by atoms with van der Waals surface area (Å²) in [5.74, 6) is -0.696. The highest BCUT2D eigenvalue weighted by molar-refractivity contribution is 14.1. The van der Waals surface area contributed by atoms with E-state index in [1.165, 1.54) is 42.5 Å². The minimum Gasteiger partial charge on any atom is -0.437 e. The number of pyridine rings is 1. The Bertz CT molecular complexity index is 1980. The Kier molecular flexibility index (Phi) is 9.86. The first-order valence-corrected chi connectivity index (χ1v) is 17.3. The molecule has 2 aromatic heterocycles. The van der Waals surface area contributed by atoms with Gasteiger partial charge in [0.15, 0.2) is 16.5 Å². The van der Waals surface area contributed by atoms with Crippen molar-refractivity contribution in [2.75, 3.05) is 30.2 Å². The van der Waals surface area contributed by atoms with Crippen LogP contribution in [0.25, 0.3) is 22.4 Å². The minimum atomic E-state index is -4.46. The number of carbonyl (C=O) groups is 1. The van der Waals surface area contributed by atoms with Crippen molar-refractivity contribution >= 4 is 71.0 Å². The first-order chi connectivity index (χ1) is 20.7. The topological polar surface area (TPSA) is 161 Å². The van der Waals surface area contributed by atoms with E-state index in [0.29, 0.717) is 14.5 Å². The van der Waals surface area contributed by atoms with Crippen LogP contribution >= 0.6 is 22.6 Å². The number of fused-ring (bicyclic) bond motifs is 1. The van der Waals surface area contributed by atoms with Crippen LogP contribution in [0.1, 0.15) is 23.7 Å². The molecule has 0 unspecified atom stereocenters. The van der Waals surface area contributed by atoms with Crippen LogP contribution in [-0.2, 0) is 20.0 Å². The number of rotatable bonds is 13. The molecule has 0 aliphatic rings. The molecule has 2 heterocycles. The van der Waals surface area contributed by atoms with Crippen molar-refractivity contribution < 1.29 is 35.4 Å². The largest absolute Gasteiger partial charge is 0.437 e. The van der Waals surface area contributed by atoms with Crippen LogP contribution < -0.4 is 4.31 Å². The van der Waals surface area contributed by atoms with Crippen molar-refractivity contribution in [1.82, 2.24) is 9.29 Å². The Morgan fingerprint density at radius 2 is 1.80 bits per heavy atom. The normalized spacial score (nSPS) is 12.0. The number of sulfonamides is 2. The highest BCUT2D eigenvalue weighted by atomic mass is 127. The molecule has 2 aromatic carbocycles. The number of hydrogen-bond donors (Lipinski definition) is 0. The average molecular weight is 757 g/mol. The summed E-state index contributed by atoms with van der Waals surface area (Å²) in [6, 6.07) is 11.7. The van der Waals surface area contributed by atoms with Gasteiger partial charge in [-0.1, -0.05) is 25.1 Å². The molecule has 232 valence electrons. The second-order valence-corrected chi connectivity index (χ2v) is 14.4. The number of nitrogens with zero attached hydrogens (tertiary/aromatic N) is 4. The molecule has 0 N–H and O–H groups in total. The number of para-hydroxylation sites is 1. The van der Waals surface area contributed by atoms with Crippen LogP contribution in [0.2, 0.25) is 0 Å². The summed E-state index contributed by atoms with van der Waals surface area (Å²) in [6.07, 6.45) is 2.32. The lowest BCUT2D eigenvalue weighted by atomic mass is 10.0. The minimum absolute atomic E-state index is 0.0549. The van der Waals surface area contributed by atoms with Gasteiger partial charge in [-0.05, 0) is 59.0 Å². The number of anilines is 1. The molecule has 4 aromatic rings. The van der Waals surface area contributed by atoms with E-state index in [2.05, 4.69) is 11.6 Å². The fourth-order valence-electron chi connectivity index (χ4n) is 4.47. The summed E-state index contributed by atoms with van der Waals surface area (Å²) >= 11 is 1.86. The van der Waals surface area contributed by atoms with Crippen molar-refractivity contribution in [1.29, 1.82) is 0 Å². The van der Waals surface area contributed by atoms with Gasteiger partial charge in [0.1, 0.15) is 11.6 Å². The molecule has 0 saturated carbocycles. The van der Waals surface area contributed by atoms with Crippen molar-refractivity contribution in [3.05, 3.63) is 92.3 Å². The first kappa shape index (κ1) is 33.2. The zero-order valence-electron chi connectivity index (χ0n) is 23.4. The number of furan rings is 1. The number of halogens is 2. The Morgan fingerprint density at radius 1 is 1.14 bits per heavy atom. The monoisotopic (exact) mass is 756 g/mol. The van der Waals surface area contributed by atoms with Gasteiger partial charge in [-0.2, -0.15) is 9.29 Å². The smallest absolute Gasteiger partial charge is 0.289 e. The lowest BCUT2D eigenvalue weighted by Crippen LogP contribution is -2.41. The number of ketones is 1. The number of carbonyl (C=O) groups excluding carboxylic acids is 1. The van der Waals surface area contributed by atoms with Crippen molar-refractivity contribution in [2.24, 2.45) is 0 Å². The Balaban J connectivity index is 1.79. The zero-order chi connectivity index (χ0) is 32.4. The molecule has 16 heteroatoms. The van der Waals surface area contributed by atoms with Gasteiger partial charge < -0.3 is 4.42 Å².